The van der Waals surface area contributed by atoms with Crippen molar-refractivity contribution >= 4 is 22.4 Å². The van der Waals surface area contributed by atoms with Gasteiger partial charge in [0.2, 0.25) is 11.0 Å². The number of aromatic nitrogens is 2. The van der Waals surface area contributed by atoms with Gasteiger partial charge in [-0.2, -0.15) is 0 Å². The van der Waals surface area contributed by atoms with E-state index in [4.69, 9.17) is 0 Å². The fourth-order valence-corrected chi connectivity index (χ4v) is 3.65. The zero-order valence-electron chi connectivity index (χ0n) is 13.1. The summed E-state index contributed by atoms with van der Waals surface area (Å²) in [5.41, 5.74) is 3.02. The van der Waals surface area contributed by atoms with Crippen molar-refractivity contribution in [3.8, 4) is 0 Å². The lowest BCUT2D eigenvalue weighted by Crippen LogP contribution is -2.36. The van der Waals surface area contributed by atoms with E-state index in [9.17, 15) is 4.79 Å². The minimum atomic E-state index is 0.0108. The molecule has 1 N–H and O–H groups in total. The number of hydrogen-bond acceptors (Lipinski definition) is 5. The van der Waals surface area contributed by atoms with Crippen molar-refractivity contribution < 1.29 is 4.79 Å². The summed E-state index contributed by atoms with van der Waals surface area (Å²) in [4.78, 5) is 14.4. The van der Waals surface area contributed by atoms with Crippen molar-refractivity contribution in [1.82, 2.24) is 15.1 Å². The second-order valence-electron chi connectivity index (χ2n) is 5.94. The maximum absolute atomic E-state index is 12.1. The largest absolute Gasteiger partial charge is 0.299 e. The molecule has 0 radical (unpaired) electrons. The van der Waals surface area contributed by atoms with Crippen molar-refractivity contribution in [2.75, 3.05) is 18.4 Å². The van der Waals surface area contributed by atoms with E-state index in [-0.39, 0.29) is 5.91 Å². The molecule has 1 saturated heterocycles. The van der Waals surface area contributed by atoms with E-state index < -0.39 is 0 Å². The molecule has 0 bridgehead atoms. The minimum Gasteiger partial charge on any atom is -0.299 e. The van der Waals surface area contributed by atoms with Crippen LogP contribution in [-0.2, 0) is 11.2 Å². The first-order valence-corrected chi connectivity index (χ1v) is 9.03. The summed E-state index contributed by atoms with van der Waals surface area (Å²) in [6.45, 7) is 1.47. The summed E-state index contributed by atoms with van der Waals surface area (Å²) >= 11 is 1.35. The highest BCUT2D eigenvalue weighted by Gasteiger charge is 2.25. The van der Waals surface area contributed by atoms with Crippen LogP contribution >= 0.6 is 11.3 Å². The normalized spacial score (nSPS) is 18.2. The number of carbonyl (C=O) groups excluding carboxylic acids is 1. The molecule has 1 fully saturated rings. The molecule has 6 heteroatoms. The number of nitrogens with one attached hydrogen (secondary N) is 1. The molecule has 0 aliphatic carbocycles. The second kappa shape index (κ2) is 8.17. The van der Waals surface area contributed by atoms with Crippen LogP contribution in [0.2, 0.25) is 0 Å². The summed E-state index contributed by atoms with van der Waals surface area (Å²) in [5, 5.41) is 11.0. The molecule has 5 nitrogen and oxygen atoms in total. The molecule has 1 aliphatic rings. The molecule has 1 aliphatic heterocycles. The summed E-state index contributed by atoms with van der Waals surface area (Å²) in [6.07, 6.45) is 5.81. The number of likely N-dealkylation sites (tertiary alicyclic amines) is 1. The maximum atomic E-state index is 12.1. The van der Waals surface area contributed by atoms with Gasteiger partial charge in [-0.25, -0.2) is 0 Å². The van der Waals surface area contributed by atoms with Crippen LogP contribution in [0.4, 0.5) is 5.13 Å². The number of amides is 1. The first-order chi connectivity index (χ1) is 11.3. The Morgan fingerprint density at radius 1 is 1.35 bits per heavy atom. The fraction of sp³-hybridized carbons (Fsp3) is 0.471. The molecule has 1 aromatic heterocycles. The van der Waals surface area contributed by atoms with Gasteiger partial charge in [-0.3, -0.25) is 15.0 Å². The third kappa shape index (κ3) is 4.84. The van der Waals surface area contributed by atoms with Gasteiger partial charge in [0.15, 0.2) is 0 Å². The molecule has 1 aromatic carbocycles. The molecule has 0 spiro atoms. The standard InChI is InChI=1S/C17H22N4OS/c22-16(19-17-20-18-13-23-17)12-21-11-5-10-15(21)9-4-8-14-6-2-1-3-7-14/h1-3,6-7,13,15H,4-5,8-12H2,(H,19,20,22). The highest BCUT2D eigenvalue weighted by atomic mass is 32.1. The van der Waals surface area contributed by atoms with Crippen LogP contribution in [0.3, 0.4) is 0 Å². The third-order valence-electron chi connectivity index (χ3n) is 4.30. The number of aryl methyl sites for hydroxylation is 1. The molecule has 122 valence electrons. The van der Waals surface area contributed by atoms with E-state index >= 15 is 0 Å². The fourth-order valence-electron chi connectivity index (χ4n) is 3.19. The van der Waals surface area contributed by atoms with Crippen LogP contribution < -0.4 is 5.32 Å². The number of benzene rings is 1. The van der Waals surface area contributed by atoms with Gasteiger partial charge in [-0.1, -0.05) is 41.7 Å². The van der Waals surface area contributed by atoms with Gasteiger partial charge >= 0.3 is 0 Å². The second-order valence-corrected chi connectivity index (χ2v) is 6.77. The molecule has 2 aromatic rings. The van der Waals surface area contributed by atoms with Crippen molar-refractivity contribution in [1.29, 1.82) is 0 Å². The quantitative estimate of drug-likeness (QED) is 0.848. The zero-order valence-corrected chi connectivity index (χ0v) is 14.0. The molecule has 1 amide bonds. The Balaban J connectivity index is 1.43. The van der Waals surface area contributed by atoms with E-state index in [0.717, 1.165) is 19.4 Å². The van der Waals surface area contributed by atoms with Crippen LogP contribution in [0.1, 0.15) is 31.2 Å². The van der Waals surface area contributed by atoms with E-state index in [2.05, 4.69) is 50.7 Å². The number of hydrogen-bond donors (Lipinski definition) is 1. The summed E-state index contributed by atoms with van der Waals surface area (Å²) in [7, 11) is 0. The first kappa shape index (κ1) is 16.1. The Labute approximate surface area is 140 Å². The molecule has 2 heterocycles. The Bertz CT molecular complexity index is 602. The molecular formula is C17H22N4OS. The lowest BCUT2D eigenvalue weighted by molar-refractivity contribution is -0.117. The molecule has 0 saturated carbocycles. The molecule has 23 heavy (non-hydrogen) atoms. The van der Waals surface area contributed by atoms with E-state index in [0.29, 0.717) is 17.7 Å². The average molecular weight is 330 g/mol. The van der Waals surface area contributed by atoms with Crippen LogP contribution in [0, 0.1) is 0 Å². The molecular weight excluding hydrogens is 308 g/mol. The maximum Gasteiger partial charge on any atom is 0.240 e. The van der Waals surface area contributed by atoms with Crippen LogP contribution in [0.25, 0.3) is 0 Å². The van der Waals surface area contributed by atoms with Crippen LogP contribution in [0.15, 0.2) is 35.8 Å². The van der Waals surface area contributed by atoms with Crippen LogP contribution in [0.5, 0.6) is 0 Å². The first-order valence-electron chi connectivity index (χ1n) is 8.15. The highest BCUT2D eigenvalue weighted by Crippen LogP contribution is 2.22. The lowest BCUT2D eigenvalue weighted by Gasteiger charge is -2.23. The number of carbonyl (C=O) groups is 1. The number of rotatable bonds is 7. The summed E-state index contributed by atoms with van der Waals surface area (Å²) in [5.74, 6) is 0.0108. The Hall–Kier alpha value is -1.79. The summed E-state index contributed by atoms with van der Waals surface area (Å²) in [6, 6.07) is 11.1. The predicted octanol–water partition coefficient (Wildman–Crippen LogP) is 2.96. The van der Waals surface area contributed by atoms with E-state index in [1.54, 1.807) is 5.51 Å². The Kier molecular flexibility index (Phi) is 5.71. The van der Waals surface area contributed by atoms with Crippen LogP contribution in [-0.4, -0.2) is 40.1 Å². The van der Waals surface area contributed by atoms with Crippen molar-refractivity contribution in [2.24, 2.45) is 0 Å². The number of anilines is 1. The molecule has 1 atom stereocenters. The average Bonchev–Trinajstić information content (AvgIpc) is 3.21. The van der Waals surface area contributed by atoms with Gasteiger partial charge in [0.05, 0.1) is 6.54 Å². The molecule has 1 unspecified atom stereocenters. The number of nitrogens with zero attached hydrogens (tertiary/aromatic N) is 3. The third-order valence-corrected chi connectivity index (χ3v) is 4.90. The molecule has 3 rings (SSSR count). The van der Waals surface area contributed by atoms with Crippen molar-refractivity contribution in [3.63, 3.8) is 0 Å². The van der Waals surface area contributed by atoms with Gasteiger partial charge in [-0.15, -0.1) is 10.2 Å². The SMILES string of the molecule is O=C(CN1CCCC1CCCc1ccccc1)Nc1nncs1. The van der Waals surface area contributed by atoms with Gasteiger partial charge in [0.25, 0.3) is 0 Å². The zero-order chi connectivity index (χ0) is 15.9. The van der Waals surface area contributed by atoms with E-state index in [1.807, 2.05) is 0 Å². The van der Waals surface area contributed by atoms with Gasteiger partial charge < -0.3 is 0 Å². The van der Waals surface area contributed by atoms with Crippen molar-refractivity contribution in [2.45, 2.75) is 38.1 Å². The topological polar surface area (TPSA) is 58.1 Å². The Morgan fingerprint density at radius 2 is 2.22 bits per heavy atom. The summed E-state index contributed by atoms with van der Waals surface area (Å²) < 4.78 is 0. The lowest BCUT2D eigenvalue weighted by atomic mass is 10.0. The minimum absolute atomic E-state index is 0.0108. The monoisotopic (exact) mass is 330 g/mol. The smallest absolute Gasteiger partial charge is 0.240 e. The Morgan fingerprint density at radius 3 is 3.00 bits per heavy atom. The van der Waals surface area contributed by atoms with Gasteiger partial charge in [0.1, 0.15) is 5.51 Å². The van der Waals surface area contributed by atoms with Gasteiger partial charge in [-0.05, 0) is 44.2 Å². The van der Waals surface area contributed by atoms with Crippen molar-refractivity contribution in [3.05, 3.63) is 41.4 Å². The predicted molar refractivity (Wildman–Crippen MR) is 92.5 cm³/mol. The highest BCUT2D eigenvalue weighted by molar-refractivity contribution is 7.13. The van der Waals surface area contributed by atoms with Gasteiger partial charge in [0, 0.05) is 6.04 Å². The van der Waals surface area contributed by atoms with E-state index in [1.165, 1.54) is 36.2 Å².